The van der Waals surface area contributed by atoms with Crippen LogP contribution in [0.2, 0.25) is 0 Å². The van der Waals surface area contributed by atoms with Gasteiger partial charge in [0.05, 0.1) is 26.5 Å². The van der Waals surface area contributed by atoms with Crippen molar-refractivity contribution in [1.82, 2.24) is 9.80 Å². The van der Waals surface area contributed by atoms with Gasteiger partial charge in [-0.25, -0.2) is 8.78 Å². The molecule has 220 valence electrons. The predicted molar refractivity (Wildman–Crippen MR) is 153 cm³/mol. The van der Waals surface area contributed by atoms with Crippen LogP contribution in [0.5, 0.6) is 17.2 Å². The van der Waals surface area contributed by atoms with E-state index in [1.165, 1.54) is 18.2 Å². The first-order valence-corrected chi connectivity index (χ1v) is 13.5. The highest BCUT2D eigenvalue weighted by Crippen LogP contribution is 2.32. The lowest BCUT2D eigenvalue weighted by Gasteiger charge is -2.38. The number of carbonyl (C=O) groups is 1. The van der Waals surface area contributed by atoms with Crippen LogP contribution >= 0.6 is 0 Å². The van der Waals surface area contributed by atoms with Crippen molar-refractivity contribution in [2.24, 2.45) is 0 Å². The molecule has 0 N–H and O–H groups in total. The van der Waals surface area contributed by atoms with Gasteiger partial charge in [0.15, 0.2) is 17.6 Å². The number of amides is 1. The third kappa shape index (κ3) is 7.86. The largest absolute Gasteiger partial charge is 0.493 e. The lowest BCUT2D eigenvalue weighted by molar-refractivity contribution is -0.140. The number of hydrogen-bond acceptors (Lipinski definition) is 7. The summed E-state index contributed by atoms with van der Waals surface area (Å²) in [7, 11) is 4.78. The molecule has 1 heterocycles. The van der Waals surface area contributed by atoms with Crippen molar-refractivity contribution in [3.05, 3.63) is 83.9 Å². The van der Waals surface area contributed by atoms with Crippen LogP contribution in [0, 0.1) is 11.6 Å². The second-order valence-corrected chi connectivity index (χ2v) is 9.71. The zero-order chi connectivity index (χ0) is 29.2. The van der Waals surface area contributed by atoms with E-state index in [1.54, 1.807) is 56.6 Å². The minimum atomic E-state index is -0.926. The molecule has 1 fully saturated rings. The maximum Gasteiger partial charge on any atom is 0.265 e. The van der Waals surface area contributed by atoms with Crippen molar-refractivity contribution in [3.63, 3.8) is 0 Å². The van der Waals surface area contributed by atoms with Gasteiger partial charge in [-0.2, -0.15) is 0 Å². The fourth-order valence-corrected chi connectivity index (χ4v) is 4.96. The zero-order valence-electron chi connectivity index (χ0n) is 23.7. The molecule has 0 spiro atoms. The van der Waals surface area contributed by atoms with Crippen LogP contribution in [0.4, 0.5) is 14.5 Å². The van der Waals surface area contributed by atoms with Gasteiger partial charge in [0.25, 0.3) is 5.91 Å². The molecule has 0 saturated carbocycles. The Bertz CT molecular complexity index is 1290. The third-order valence-corrected chi connectivity index (χ3v) is 7.05. The van der Waals surface area contributed by atoms with Gasteiger partial charge in [-0.1, -0.05) is 30.3 Å². The molecule has 4 rings (SSSR count). The zero-order valence-corrected chi connectivity index (χ0v) is 23.7. The van der Waals surface area contributed by atoms with E-state index in [0.29, 0.717) is 63.1 Å². The van der Waals surface area contributed by atoms with E-state index >= 15 is 0 Å². The second kappa shape index (κ2) is 14.7. The molecule has 0 aromatic heterocycles. The number of hydrogen-bond donors (Lipinski definition) is 0. The van der Waals surface area contributed by atoms with Crippen LogP contribution in [0.1, 0.15) is 5.56 Å². The van der Waals surface area contributed by atoms with E-state index in [1.807, 2.05) is 28.0 Å². The molecular weight excluding hydrogens is 532 g/mol. The molecular formula is C31H37F2N3O5. The summed E-state index contributed by atoms with van der Waals surface area (Å²) < 4.78 is 50.9. The average molecular weight is 570 g/mol. The number of anilines is 1. The predicted octanol–water partition coefficient (Wildman–Crippen LogP) is 4.23. The number of para-hydroxylation sites is 2. The molecule has 1 unspecified atom stereocenters. The Morgan fingerprint density at radius 1 is 0.927 bits per heavy atom. The number of piperazine rings is 1. The Kier molecular flexibility index (Phi) is 10.8. The third-order valence-electron chi connectivity index (χ3n) is 7.05. The molecule has 0 aliphatic carbocycles. The van der Waals surface area contributed by atoms with E-state index in [9.17, 15) is 13.6 Å². The van der Waals surface area contributed by atoms with Gasteiger partial charge in [0, 0.05) is 64.6 Å². The summed E-state index contributed by atoms with van der Waals surface area (Å²) in [5.74, 6) is 0.510. The second-order valence-electron chi connectivity index (χ2n) is 9.71. The summed E-state index contributed by atoms with van der Waals surface area (Å²) in [6.07, 6.45) is -0.926. The SMILES string of the molecule is COCCN(Cc1cccc(OC)c1OC)CC(Oc1cccc(F)c1)C(=O)N1CCN(c2ccccc2F)CC1. The molecule has 10 heteroatoms. The summed E-state index contributed by atoms with van der Waals surface area (Å²) in [6.45, 7) is 3.34. The van der Waals surface area contributed by atoms with Crippen LogP contribution in [0.25, 0.3) is 0 Å². The molecule has 1 saturated heterocycles. The lowest BCUT2D eigenvalue weighted by Crippen LogP contribution is -2.55. The number of rotatable bonds is 13. The smallest absolute Gasteiger partial charge is 0.265 e. The summed E-state index contributed by atoms with van der Waals surface area (Å²) >= 11 is 0. The minimum absolute atomic E-state index is 0.215. The Balaban J connectivity index is 1.54. The molecule has 3 aromatic carbocycles. The Labute approximate surface area is 240 Å². The highest BCUT2D eigenvalue weighted by molar-refractivity contribution is 5.82. The number of benzene rings is 3. The van der Waals surface area contributed by atoms with Crippen LogP contribution in [-0.4, -0.2) is 89.0 Å². The normalized spacial score (nSPS) is 14.2. The van der Waals surface area contributed by atoms with Crippen molar-refractivity contribution in [3.8, 4) is 17.2 Å². The number of carbonyl (C=O) groups excluding carboxylic acids is 1. The van der Waals surface area contributed by atoms with E-state index in [2.05, 4.69) is 0 Å². The van der Waals surface area contributed by atoms with E-state index in [0.717, 1.165) is 5.56 Å². The first-order chi connectivity index (χ1) is 19.9. The summed E-state index contributed by atoms with van der Waals surface area (Å²) in [6, 6.07) is 18.0. The van der Waals surface area contributed by atoms with Gasteiger partial charge in [0.1, 0.15) is 17.4 Å². The maximum absolute atomic E-state index is 14.4. The minimum Gasteiger partial charge on any atom is -0.493 e. The average Bonchev–Trinajstić information content (AvgIpc) is 2.99. The van der Waals surface area contributed by atoms with Crippen molar-refractivity contribution in [2.45, 2.75) is 12.6 Å². The molecule has 0 radical (unpaired) electrons. The molecule has 0 bridgehead atoms. The van der Waals surface area contributed by atoms with Crippen molar-refractivity contribution < 1.29 is 32.5 Å². The topological polar surface area (TPSA) is 63.7 Å². The highest BCUT2D eigenvalue weighted by Gasteiger charge is 2.31. The van der Waals surface area contributed by atoms with E-state index in [-0.39, 0.29) is 24.0 Å². The molecule has 41 heavy (non-hydrogen) atoms. The fraction of sp³-hybridized carbons (Fsp3) is 0.387. The number of methoxy groups -OCH3 is 3. The Morgan fingerprint density at radius 2 is 1.68 bits per heavy atom. The van der Waals surface area contributed by atoms with Gasteiger partial charge >= 0.3 is 0 Å². The standard InChI is InChI=1S/C31H37F2N3O5/c1-38-19-18-34(21-23-8-6-13-28(39-2)30(23)40-3)22-29(41-25-10-7-9-24(32)20-25)31(37)36-16-14-35(15-17-36)27-12-5-4-11-26(27)33/h4-13,20,29H,14-19,21-22H2,1-3H3. The van der Waals surface area contributed by atoms with Gasteiger partial charge in [-0.05, 0) is 30.3 Å². The fourth-order valence-electron chi connectivity index (χ4n) is 4.96. The highest BCUT2D eigenvalue weighted by atomic mass is 19.1. The summed E-state index contributed by atoms with van der Waals surface area (Å²) in [5.41, 5.74) is 1.39. The Hall–Kier alpha value is -3.89. The summed E-state index contributed by atoms with van der Waals surface area (Å²) in [5, 5.41) is 0. The van der Waals surface area contributed by atoms with Crippen molar-refractivity contribution >= 4 is 11.6 Å². The van der Waals surface area contributed by atoms with Crippen LogP contribution in [0.15, 0.2) is 66.7 Å². The summed E-state index contributed by atoms with van der Waals surface area (Å²) in [4.78, 5) is 19.6. The van der Waals surface area contributed by atoms with Crippen LogP contribution < -0.4 is 19.1 Å². The number of nitrogens with zero attached hydrogens (tertiary/aromatic N) is 3. The van der Waals surface area contributed by atoms with Crippen molar-refractivity contribution in [1.29, 1.82) is 0 Å². The number of ether oxygens (including phenoxy) is 4. The monoisotopic (exact) mass is 569 g/mol. The first kappa shape index (κ1) is 30.1. The molecule has 8 nitrogen and oxygen atoms in total. The molecule has 1 aliphatic heterocycles. The lowest BCUT2D eigenvalue weighted by atomic mass is 10.1. The first-order valence-electron chi connectivity index (χ1n) is 13.5. The quantitative estimate of drug-likeness (QED) is 0.305. The van der Waals surface area contributed by atoms with E-state index in [4.69, 9.17) is 18.9 Å². The van der Waals surface area contributed by atoms with Gasteiger partial charge in [-0.15, -0.1) is 0 Å². The molecule has 1 aliphatic rings. The molecule has 3 aromatic rings. The molecule has 1 atom stereocenters. The van der Waals surface area contributed by atoms with Crippen LogP contribution in [0.3, 0.4) is 0 Å². The van der Waals surface area contributed by atoms with Gasteiger partial charge < -0.3 is 28.7 Å². The van der Waals surface area contributed by atoms with Gasteiger partial charge in [-0.3, -0.25) is 9.69 Å². The van der Waals surface area contributed by atoms with Gasteiger partial charge in [0.2, 0.25) is 0 Å². The Morgan fingerprint density at radius 3 is 2.37 bits per heavy atom. The van der Waals surface area contributed by atoms with Crippen LogP contribution in [-0.2, 0) is 16.1 Å². The van der Waals surface area contributed by atoms with E-state index < -0.39 is 11.9 Å². The number of halogens is 2. The maximum atomic E-state index is 14.4. The van der Waals surface area contributed by atoms with Crippen molar-refractivity contribution in [2.75, 3.05) is 72.1 Å². The molecule has 1 amide bonds.